The van der Waals surface area contributed by atoms with E-state index < -0.39 is 9.84 Å². The Morgan fingerprint density at radius 2 is 1.76 bits per heavy atom. The van der Waals surface area contributed by atoms with Crippen molar-refractivity contribution in [1.82, 2.24) is 10.2 Å². The van der Waals surface area contributed by atoms with Crippen molar-refractivity contribution in [2.75, 3.05) is 18.7 Å². The molecule has 0 saturated heterocycles. The number of rotatable bonds is 6. The van der Waals surface area contributed by atoms with Crippen molar-refractivity contribution < 1.29 is 13.2 Å². The van der Waals surface area contributed by atoms with Crippen LogP contribution in [-0.4, -0.2) is 32.0 Å². The number of nitrogens with zero attached hydrogens (tertiary/aromatic N) is 3. The van der Waals surface area contributed by atoms with Crippen LogP contribution in [0.2, 0.25) is 5.02 Å². The molecule has 0 radical (unpaired) electrons. The molecule has 4 rings (SSSR count). The molecule has 0 aliphatic carbocycles. The normalized spacial score (nSPS) is 10.9. The SMILES string of the molecule is Cl.[C-]#[N+]c1ccc2c(-c3ccc(S(C)(=O)=O)cc3)nnc(NCc3ccc(OC)c(Cl)c3)c2c1. The third kappa shape index (κ3) is 5.23. The Hall–Kier alpha value is -3.38. The van der Waals surface area contributed by atoms with Crippen molar-refractivity contribution in [1.29, 1.82) is 0 Å². The molecular formula is C24H20Cl2N4O3S. The Labute approximate surface area is 208 Å². The zero-order valence-electron chi connectivity index (χ0n) is 18.2. The monoisotopic (exact) mass is 514 g/mol. The highest BCUT2D eigenvalue weighted by Crippen LogP contribution is 2.33. The summed E-state index contributed by atoms with van der Waals surface area (Å²) >= 11 is 6.22. The van der Waals surface area contributed by atoms with Crippen molar-refractivity contribution in [3.05, 3.63) is 82.7 Å². The lowest BCUT2D eigenvalue weighted by atomic mass is 10.0. The van der Waals surface area contributed by atoms with Crippen LogP contribution < -0.4 is 10.1 Å². The Bertz CT molecular complexity index is 1500. The van der Waals surface area contributed by atoms with Crippen LogP contribution in [0.4, 0.5) is 11.5 Å². The van der Waals surface area contributed by atoms with Gasteiger partial charge in [-0.3, -0.25) is 0 Å². The number of sulfone groups is 1. The topological polar surface area (TPSA) is 85.5 Å². The van der Waals surface area contributed by atoms with Crippen LogP contribution in [-0.2, 0) is 16.4 Å². The highest BCUT2D eigenvalue weighted by atomic mass is 35.5. The number of benzene rings is 3. The number of nitrogens with one attached hydrogen (secondary N) is 1. The molecule has 1 heterocycles. The Morgan fingerprint density at radius 3 is 2.38 bits per heavy atom. The summed E-state index contributed by atoms with van der Waals surface area (Å²) in [6.45, 7) is 7.82. The van der Waals surface area contributed by atoms with E-state index in [1.165, 1.54) is 6.26 Å². The van der Waals surface area contributed by atoms with Gasteiger partial charge in [-0.2, -0.15) is 0 Å². The molecule has 1 aromatic heterocycles. The minimum Gasteiger partial charge on any atom is -0.495 e. The quantitative estimate of drug-likeness (QED) is 0.320. The third-order valence-electron chi connectivity index (χ3n) is 5.12. The molecule has 1 N–H and O–H groups in total. The second kappa shape index (κ2) is 10.3. The molecular weight excluding hydrogens is 495 g/mol. The molecule has 0 aliphatic heterocycles. The molecule has 0 aliphatic rings. The largest absolute Gasteiger partial charge is 0.495 e. The fraction of sp³-hybridized carbons (Fsp3) is 0.125. The minimum absolute atomic E-state index is 0. The Kier molecular flexibility index (Phi) is 7.62. The maximum Gasteiger partial charge on any atom is 0.188 e. The average Bonchev–Trinajstić information content (AvgIpc) is 2.81. The van der Waals surface area contributed by atoms with Crippen LogP contribution in [0.3, 0.4) is 0 Å². The summed E-state index contributed by atoms with van der Waals surface area (Å²) in [5, 5.41) is 14.1. The second-order valence-corrected chi connectivity index (χ2v) is 9.78. The first-order chi connectivity index (χ1) is 15.8. The molecule has 3 aromatic carbocycles. The highest BCUT2D eigenvalue weighted by Gasteiger charge is 2.14. The molecule has 0 unspecified atom stereocenters. The lowest BCUT2D eigenvalue weighted by Gasteiger charge is -2.13. The summed E-state index contributed by atoms with van der Waals surface area (Å²) in [4.78, 5) is 3.76. The number of hydrogen-bond acceptors (Lipinski definition) is 6. The number of ether oxygens (including phenoxy) is 1. The van der Waals surface area contributed by atoms with E-state index in [-0.39, 0.29) is 17.3 Å². The van der Waals surface area contributed by atoms with Crippen molar-refractivity contribution in [3.8, 4) is 17.0 Å². The lowest BCUT2D eigenvalue weighted by molar-refractivity contribution is 0.415. The van der Waals surface area contributed by atoms with Gasteiger partial charge in [0.05, 0.1) is 23.6 Å². The van der Waals surface area contributed by atoms with Gasteiger partial charge in [-0.1, -0.05) is 41.9 Å². The van der Waals surface area contributed by atoms with Crippen molar-refractivity contribution in [2.24, 2.45) is 0 Å². The Morgan fingerprint density at radius 1 is 1.03 bits per heavy atom. The third-order valence-corrected chi connectivity index (χ3v) is 6.55. The fourth-order valence-electron chi connectivity index (χ4n) is 3.42. The van der Waals surface area contributed by atoms with Crippen molar-refractivity contribution >= 4 is 56.1 Å². The van der Waals surface area contributed by atoms with Crippen LogP contribution in [0.1, 0.15) is 5.56 Å². The van der Waals surface area contributed by atoms with Gasteiger partial charge >= 0.3 is 0 Å². The molecule has 0 saturated carbocycles. The maximum atomic E-state index is 11.8. The minimum atomic E-state index is -3.30. The molecule has 0 fully saturated rings. The van der Waals surface area contributed by atoms with Crippen molar-refractivity contribution in [3.63, 3.8) is 0 Å². The van der Waals surface area contributed by atoms with E-state index in [1.807, 2.05) is 18.2 Å². The van der Waals surface area contributed by atoms with Crippen LogP contribution in [0.25, 0.3) is 26.9 Å². The number of methoxy groups -OCH3 is 1. The van der Waals surface area contributed by atoms with Gasteiger partial charge in [0.25, 0.3) is 0 Å². The molecule has 0 bridgehead atoms. The van der Waals surface area contributed by atoms with Crippen LogP contribution in [0.15, 0.2) is 65.6 Å². The average molecular weight is 515 g/mol. The van der Waals surface area contributed by atoms with Gasteiger partial charge in [0, 0.05) is 29.1 Å². The van der Waals surface area contributed by atoms with E-state index in [0.717, 1.165) is 21.9 Å². The van der Waals surface area contributed by atoms with Crippen LogP contribution >= 0.6 is 24.0 Å². The first-order valence-electron chi connectivity index (χ1n) is 9.85. The van der Waals surface area contributed by atoms with Gasteiger partial charge in [0.1, 0.15) is 11.4 Å². The molecule has 34 heavy (non-hydrogen) atoms. The molecule has 0 spiro atoms. The number of fused-ring (bicyclic) bond motifs is 1. The number of anilines is 1. The van der Waals surface area contributed by atoms with Gasteiger partial charge < -0.3 is 10.1 Å². The summed E-state index contributed by atoms with van der Waals surface area (Å²) < 4.78 is 28.7. The predicted octanol–water partition coefficient (Wildman–Crippen LogP) is 5.95. The number of hydrogen-bond donors (Lipinski definition) is 1. The van der Waals surface area contributed by atoms with Gasteiger partial charge in [0.15, 0.2) is 21.3 Å². The molecule has 4 aromatic rings. The lowest BCUT2D eigenvalue weighted by Crippen LogP contribution is -2.04. The summed E-state index contributed by atoms with van der Waals surface area (Å²) in [5.41, 5.74) is 2.73. The van der Waals surface area contributed by atoms with Crippen molar-refractivity contribution in [2.45, 2.75) is 11.4 Å². The molecule has 174 valence electrons. The van der Waals surface area contributed by atoms with Gasteiger partial charge in [-0.15, -0.1) is 22.6 Å². The fourth-order valence-corrected chi connectivity index (χ4v) is 4.33. The first-order valence-corrected chi connectivity index (χ1v) is 12.1. The highest BCUT2D eigenvalue weighted by molar-refractivity contribution is 7.90. The summed E-state index contributed by atoms with van der Waals surface area (Å²) in [7, 11) is -1.74. The van der Waals surface area contributed by atoms with Crippen LogP contribution in [0, 0.1) is 6.57 Å². The molecule has 0 amide bonds. The van der Waals surface area contributed by atoms with Gasteiger partial charge in [-0.25, -0.2) is 13.3 Å². The van der Waals surface area contributed by atoms with E-state index in [2.05, 4.69) is 20.4 Å². The summed E-state index contributed by atoms with van der Waals surface area (Å²) in [6.07, 6.45) is 1.17. The Balaban J connectivity index is 0.00000324. The summed E-state index contributed by atoms with van der Waals surface area (Å²) in [5.74, 6) is 1.12. The number of halogens is 2. The zero-order valence-corrected chi connectivity index (χ0v) is 20.6. The first kappa shape index (κ1) is 25.2. The predicted molar refractivity (Wildman–Crippen MR) is 137 cm³/mol. The van der Waals surface area contributed by atoms with Gasteiger partial charge in [0.2, 0.25) is 0 Å². The summed E-state index contributed by atoms with van der Waals surface area (Å²) in [6, 6.07) is 17.3. The van der Waals surface area contributed by atoms with E-state index in [0.29, 0.717) is 34.5 Å². The van der Waals surface area contributed by atoms with Gasteiger partial charge in [-0.05, 0) is 35.9 Å². The molecule has 7 nitrogen and oxygen atoms in total. The number of aromatic nitrogens is 2. The zero-order chi connectivity index (χ0) is 23.6. The molecule has 10 heteroatoms. The second-order valence-electron chi connectivity index (χ2n) is 7.36. The smallest absolute Gasteiger partial charge is 0.188 e. The van der Waals surface area contributed by atoms with E-state index in [4.69, 9.17) is 22.9 Å². The van der Waals surface area contributed by atoms with E-state index >= 15 is 0 Å². The van der Waals surface area contributed by atoms with Crippen LogP contribution in [0.5, 0.6) is 5.75 Å². The van der Waals surface area contributed by atoms with E-state index in [1.54, 1.807) is 49.6 Å². The standard InChI is InChI=1S/C24H19ClN4O3S.ClH/c1-26-17-7-10-19-20(13-17)24(27-14-15-4-11-22(32-2)21(25)12-15)29-28-23(19)16-5-8-18(9-6-16)33(3,30)31;/h4-13H,14H2,2-3H3,(H,27,29);1H. The molecule has 0 atom stereocenters. The maximum absolute atomic E-state index is 11.8. The van der Waals surface area contributed by atoms with E-state index in [9.17, 15) is 8.42 Å².